The standard InChI is InChI=1S/C11H10Br2Cl2O2/c12-8-4-16-11(17-5-9(8)13)7-2-1-6(14)3-10(7)15/h1-3,8-9,11H,4-5H2/t8-,9+,11?. The summed E-state index contributed by atoms with van der Waals surface area (Å²) in [4.78, 5) is 0.442. The first-order valence-electron chi connectivity index (χ1n) is 5.04. The largest absolute Gasteiger partial charge is 0.347 e. The maximum atomic E-state index is 6.12. The smallest absolute Gasteiger partial charge is 0.185 e. The van der Waals surface area contributed by atoms with E-state index in [1.54, 1.807) is 12.1 Å². The van der Waals surface area contributed by atoms with Gasteiger partial charge in [-0.2, -0.15) is 0 Å². The molecule has 1 saturated heterocycles. The molecule has 1 unspecified atom stereocenters. The summed E-state index contributed by atoms with van der Waals surface area (Å²) in [5, 5.41) is 1.16. The third-order valence-electron chi connectivity index (χ3n) is 2.42. The summed E-state index contributed by atoms with van der Waals surface area (Å²) in [5.74, 6) is 0. The Morgan fingerprint density at radius 1 is 1.06 bits per heavy atom. The molecule has 0 saturated carbocycles. The van der Waals surface area contributed by atoms with Gasteiger partial charge in [-0.05, 0) is 12.1 Å². The average molecular weight is 405 g/mol. The lowest BCUT2D eigenvalue weighted by atomic mass is 10.2. The van der Waals surface area contributed by atoms with Crippen LogP contribution in [0.1, 0.15) is 11.9 Å². The first-order chi connectivity index (χ1) is 8.08. The number of hydrogen-bond donors (Lipinski definition) is 0. The third kappa shape index (κ3) is 3.58. The Morgan fingerprint density at radius 3 is 2.18 bits per heavy atom. The Morgan fingerprint density at radius 2 is 1.65 bits per heavy atom. The van der Waals surface area contributed by atoms with E-state index in [1.165, 1.54) is 0 Å². The van der Waals surface area contributed by atoms with Crippen molar-refractivity contribution in [1.82, 2.24) is 0 Å². The van der Waals surface area contributed by atoms with Crippen molar-refractivity contribution in [3.8, 4) is 0 Å². The second-order valence-electron chi connectivity index (χ2n) is 3.70. The van der Waals surface area contributed by atoms with Gasteiger partial charge in [0.25, 0.3) is 0 Å². The summed E-state index contributed by atoms with van der Waals surface area (Å²) in [6.45, 7) is 1.11. The molecule has 6 heteroatoms. The third-order valence-corrected chi connectivity index (χ3v) is 5.50. The fraction of sp³-hybridized carbons (Fsp3) is 0.455. The van der Waals surface area contributed by atoms with Crippen molar-refractivity contribution >= 4 is 55.1 Å². The second-order valence-corrected chi connectivity index (χ2v) is 6.89. The van der Waals surface area contributed by atoms with E-state index in [0.717, 1.165) is 5.56 Å². The number of rotatable bonds is 1. The van der Waals surface area contributed by atoms with Crippen LogP contribution >= 0.6 is 55.1 Å². The monoisotopic (exact) mass is 402 g/mol. The molecule has 0 radical (unpaired) electrons. The molecule has 0 bridgehead atoms. The zero-order valence-electron chi connectivity index (χ0n) is 8.71. The number of ether oxygens (including phenoxy) is 2. The predicted molar refractivity (Wildman–Crippen MR) is 76.5 cm³/mol. The van der Waals surface area contributed by atoms with Gasteiger partial charge in [0.1, 0.15) is 0 Å². The molecular weight excluding hydrogens is 395 g/mol. The summed E-state index contributed by atoms with van der Waals surface area (Å²) in [6.07, 6.45) is -0.442. The minimum atomic E-state index is -0.442. The number of benzene rings is 1. The lowest BCUT2D eigenvalue weighted by Gasteiger charge is -2.17. The van der Waals surface area contributed by atoms with Gasteiger partial charge >= 0.3 is 0 Å². The van der Waals surface area contributed by atoms with Gasteiger partial charge < -0.3 is 9.47 Å². The average Bonchev–Trinajstić information content (AvgIpc) is 2.44. The fourth-order valence-electron chi connectivity index (χ4n) is 1.49. The first kappa shape index (κ1) is 14.1. The van der Waals surface area contributed by atoms with E-state index in [1.807, 2.05) is 6.07 Å². The molecule has 1 heterocycles. The molecule has 0 N–H and O–H groups in total. The van der Waals surface area contributed by atoms with Crippen molar-refractivity contribution < 1.29 is 9.47 Å². The minimum absolute atomic E-state index is 0.221. The van der Waals surface area contributed by atoms with Gasteiger partial charge in [-0.25, -0.2) is 0 Å². The summed E-state index contributed by atoms with van der Waals surface area (Å²) in [6, 6.07) is 5.29. The van der Waals surface area contributed by atoms with Gasteiger partial charge in [-0.1, -0.05) is 61.1 Å². The molecule has 94 valence electrons. The molecule has 1 aromatic rings. The summed E-state index contributed by atoms with van der Waals surface area (Å²) >= 11 is 19.0. The van der Waals surface area contributed by atoms with E-state index >= 15 is 0 Å². The van der Waals surface area contributed by atoms with Crippen LogP contribution in [0, 0.1) is 0 Å². The minimum Gasteiger partial charge on any atom is -0.347 e. The van der Waals surface area contributed by atoms with Crippen LogP contribution in [0.15, 0.2) is 18.2 Å². The van der Waals surface area contributed by atoms with Crippen LogP contribution in [0.3, 0.4) is 0 Å². The van der Waals surface area contributed by atoms with Gasteiger partial charge in [0.2, 0.25) is 0 Å². The van der Waals surface area contributed by atoms with Gasteiger partial charge in [0.05, 0.1) is 27.9 Å². The quantitative estimate of drug-likeness (QED) is 0.638. The summed E-state index contributed by atoms with van der Waals surface area (Å²) in [5.41, 5.74) is 0.803. The van der Waals surface area contributed by atoms with Crippen molar-refractivity contribution in [3.63, 3.8) is 0 Å². The van der Waals surface area contributed by atoms with E-state index in [-0.39, 0.29) is 9.65 Å². The van der Waals surface area contributed by atoms with Crippen LogP contribution in [-0.2, 0) is 9.47 Å². The second kappa shape index (κ2) is 6.22. The number of alkyl halides is 2. The molecule has 1 fully saturated rings. The van der Waals surface area contributed by atoms with E-state index in [9.17, 15) is 0 Å². The van der Waals surface area contributed by atoms with Crippen LogP contribution in [0.4, 0.5) is 0 Å². The van der Waals surface area contributed by atoms with Crippen molar-refractivity contribution in [2.75, 3.05) is 13.2 Å². The van der Waals surface area contributed by atoms with Crippen molar-refractivity contribution in [2.45, 2.75) is 15.9 Å². The Labute approximate surface area is 127 Å². The Hall–Kier alpha value is 0.680. The zero-order valence-corrected chi connectivity index (χ0v) is 13.4. The highest BCUT2D eigenvalue weighted by atomic mass is 79.9. The topological polar surface area (TPSA) is 18.5 Å². The Balaban J connectivity index is 2.17. The predicted octanol–water partition coefficient (Wildman–Crippen LogP) is 4.57. The Bertz CT molecular complexity index is 391. The zero-order chi connectivity index (χ0) is 12.4. The molecule has 1 aliphatic heterocycles. The maximum Gasteiger partial charge on any atom is 0.185 e. The van der Waals surface area contributed by atoms with Crippen LogP contribution in [0.5, 0.6) is 0 Å². The molecular formula is C11H10Br2Cl2O2. The van der Waals surface area contributed by atoms with Crippen molar-refractivity contribution in [3.05, 3.63) is 33.8 Å². The fourth-order valence-corrected chi connectivity index (χ4v) is 2.60. The van der Waals surface area contributed by atoms with Crippen LogP contribution < -0.4 is 0 Å². The lowest BCUT2D eigenvalue weighted by molar-refractivity contribution is -0.129. The SMILES string of the molecule is Clc1ccc(C2OC[C@@H](Br)[C@@H](Br)CO2)c(Cl)c1. The molecule has 0 aliphatic carbocycles. The number of halogens is 4. The molecule has 2 nitrogen and oxygen atoms in total. The van der Waals surface area contributed by atoms with Crippen LogP contribution in [-0.4, -0.2) is 22.9 Å². The highest BCUT2D eigenvalue weighted by Gasteiger charge is 2.26. The molecule has 3 atom stereocenters. The van der Waals surface area contributed by atoms with Crippen molar-refractivity contribution in [2.24, 2.45) is 0 Å². The highest BCUT2D eigenvalue weighted by molar-refractivity contribution is 9.12. The van der Waals surface area contributed by atoms with Crippen LogP contribution in [0.2, 0.25) is 10.0 Å². The summed E-state index contributed by atoms with van der Waals surface area (Å²) < 4.78 is 11.3. The molecule has 0 spiro atoms. The van der Waals surface area contributed by atoms with E-state index in [2.05, 4.69) is 31.9 Å². The highest BCUT2D eigenvalue weighted by Crippen LogP contribution is 2.32. The molecule has 0 amide bonds. The van der Waals surface area contributed by atoms with Gasteiger partial charge in [0, 0.05) is 10.6 Å². The maximum absolute atomic E-state index is 6.12. The van der Waals surface area contributed by atoms with Gasteiger partial charge in [-0.3, -0.25) is 0 Å². The van der Waals surface area contributed by atoms with Gasteiger partial charge in [-0.15, -0.1) is 0 Å². The molecule has 2 rings (SSSR count). The number of hydrogen-bond acceptors (Lipinski definition) is 2. The van der Waals surface area contributed by atoms with E-state index < -0.39 is 6.29 Å². The Kier molecular flexibility index (Phi) is 5.16. The molecule has 1 aromatic carbocycles. The molecule has 17 heavy (non-hydrogen) atoms. The van der Waals surface area contributed by atoms with Crippen molar-refractivity contribution in [1.29, 1.82) is 0 Å². The first-order valence-corrected chi connectivity index (χ1v) is 7.63. The normalized spacial score (nSPS) is 30.0. The lowest BCUT2D eigenvalue weighted by Crippen LogP contribution is -2.19. The molecule has 0 aromatic heterocycles. The van der Waals surface area contributed by atoms with Crippen LogP contribution in [0.25, 0.3) is 0 Å². The van der Waals surface area contributed by atoms with E-state index in [0.29, 0.717) is 23.3 Å². The van der Waals surface area contributed by atoms with E-state index in [4.69, 9.17) is 32.7 Å². The van der Waals surface area contributed by atoms with Gasteiger partial charge in [0.15, 0.2) is 6.29 Å². The summed E-state index contributed by atoms with van der Waals surface area (Å²) in [7, 11) is 0. The molecule has 1 aliphatic rings.